The Morgan fingerprint density at radius 2 is 2.00 bits per heavy atom. The molecule has 0 unspecified atom stereocenters. The van der Waals surface area contributed by atoms with Crippen molar-refractivity contribution in [1.82, 2.24) is 4.98 Å². The van der Waals surface area contributed by atoms with E-state index in [1.807, 2.05) is 18.2 Å². The summed E-state index contributed by atoms with van der Waals surface area (Å²) in [4.78, 5) is 6.71. The van der Waals surface area contributed by atoms with Gasteiger partial charge in [-0.3, -0.25) is 0 Å². The van der Waals surface area contributed by atoms with E-state index >= 15 is 0 Å². The molecule has 1 aliphatic rings. The minimum Gasteiger partial charge on any atom is -0.356 e. The lowest BCUT2D eigenvalue weighted by molar-refractivity contribution is 0.498. The normalized spacial score (nSPS) is 17.3. The van der Waals surface area contributed by atoms with Gasteiger partial charge in [-0.1, -0.05) is 6.07 Å². The molecular formula is C10H15BrClN3. The minimum absolute atomic E-state index is 0. The van der Waals surface area contributed by atoms with Crippen LogP contribution in [0.4, 0.5) is 5.82 Å². The van der Waals surface area contributed by atoms with E-state index in [0.717, 1.165) is 36.4 Å². The lowest BCUT2D eigenvalue weighted by Crippen LogP contribution is -2.40. The zero-order valence-electron chi connectivity index (χ0n) is 8.40. The van der Waals surface area contributed by atoms with Crippen LogP contribution in [-0.4, -0.2) is 24.1 Å². The fourth-order valence-electron chi connectivity index (χ4n) is 1.70. The molecule has 1 saturated heterocycles. The maximum atomic E-state index is 5.85. The molecule has 0 saturated carbocycles. The monoisotopic (exact) mass is 291 g/mol. The van der Waals surface area contributed by atoms with Crippen molar-refractivity contribution in [2.75, 3.05) is 18.0 Å². The smallest absolute Gasteiger partial charge is 0.129 e. The molecule has 0 spiro atoms. The highest BCUT2D eigenvalue weighted by molar-refractivity contribution is 9.10. The summed E-state index contributed by atoms with van der Waals surface area (Å²) in [6.07, 6.45) is 2.13. The fourth-order valence-corrected chi connectivity index (χ4v) is 2.04. The maximum Gasteiger partial charge on any atom is 0.129 e. The van der Waals surface area contributed by atoms with Gasteiger partial charge in [-0.2, -0.15) is 0 Å². The quantitative estimate of drug-likeness (QED) is 0.807. The van der Waals surface area contributed by atoms with Gasteiger partial charge in [0.05, 0.1) is 0 Å². The van der Waals surface area contributed by atoms with Crippen molar-refractivity contribution in [3.05, 3.63) is 22.8 Å². The molecule has 1 fully saturated rings. The summed E-state index contributed by atoms with van der Waals surface area (Å²) >= 11 is 3.38. The third kappa shape index (κ3) is 3.33. The van der Waals surface area contributed by atoms with Gasteiger partial charge in [-0.15, -0.1) is 12.4 Å². The van der Waals surface area contributed by atoms with Crippen LogP contribution in [-0.2, 0) is 0 Å². The van der Waals surface area contributed by atoms with Crippen molar-refractivity contribution < 1.29 is 0 Å². The lowest BCUT2D eigenvalue weighted by Gasteiger charge is -2.31. The van der Waals surface area contributed by atoms with Crippen LogP contribution in [0.25, 0.3) is 0 Å². The van der Waals surface area contributed by atoms with Crippen LogP contribution in [0.3, 0.4) is 0 Å². The average molecular weight is 293 g/mol. The van der Waals surface area contributed by atoms with Gasteiger partial charge in [0.2, 0.25) is 0 Å². The predicted molar refractivity (Wildman–Crippen MR) is 68.6 cm³/mol. The summed E-state index contributed by atoms with van der Waals surface area (Å²) in [5.41, 5.74) is 5.85. The number of halogens is 2. The molecule has 0 radical (unpaired) electrons. The zero-order valence-corrected chi connectivity index (χ0v) is 10.8. The molecule has 84 valence electrons. The number of aromatic nitrogens is 1. The van der Waals surface area contributed by atoms with Gasteiger partial charge in [-0.25, -0.2) is 4.98 Å². The van der Waals surface area contributed by atoms with Crippen molar-refractivity contribution in [1.29, 1.82) is 0 Å². The average Bonchev–Trinajstić information content (AvgIpc) is 2.19. The van der Waals surface area contributed by atoms with Crippen LogP contribution in [0, 0.1) is 0 Å². The Hall–Kier alpha value is -0.320. The summed E-state index contributed by atoms with van der Waals surface area (Å²) in [6, 6.07) is 6.38. The van der Waals surface area contributed by atoms with E-state index in [9.17, 15) is 0 Å². The van der Waals surface area contributed by atoms with Gasteiger partial charge < -0.3 is 10.6 Å². The first-order chi connectivity index (χ1) is 6.75. The topological polar surface area (TPSA) is 42.1 Å². The molecule has 0 aromatic carbocycles. The number of hydrogen-bond acceptors (Lipinski definition) is 3. The molecule has 1 aliphatic heterocycles. The van der Waals surface area contributed by atoms with Crippen molar-refractivity contribution in [2.45, 2.75) is 18.9 Å². The number of piperidine rings is 1. The Kier molecular flexibility index (Phi) is 4.83. The van der Waals surface area contributed by atoms with Gasteiger partial charge in [0.25, 0.3) is 0 Å². The molecule has 0 atom stereocenters. The van der Waals surface area contributed by atoms with Gasteiger partial charge in [0.1, 0.15) is 10.4 Å². The van der Waals surface area contributed by atoms with E-state index in [1.165, 1.54) is 0 Å². The first-order valence-corrected chi connectivity index (χ1v) is 5.68. The fraction of sp³-hybridized carbons (Fsp3) is 0.500. The van der Waals surface area contributed by atoms with Crippen LogP contribution >= 0.6 is 28.3 Å². The number of rotatable bonds is 1. The van der Waals surface area contributed by atoms with Gasteiger partial charge >= 0.3 is 0 Å². The second-order valence-corrected chi connectivity index (χ2v) is 4.46. The molecular weight excluding hydrogens is 277 g/mol. The largest absolute Gasteiger partial charge is 0.356 e. The maximum absolute atomic E-state index is 5.85. The molecule has 5 heteroatoms. The third-order valence-electron chi connectivity index (χ3n) is 2.56. The summed E-state index contributed by atoms with van der Waals surface area (Å²) in [6.45, 7) is 2.04. The highest BCUT2D eigenvalue weighted by Gasteiger charge is 2.16. The Labute approximate surface area is 105 Å². The Morgan fingerprint density at radius 1 is 1.33 bits per heavy atom. The van der Waals surface area contributed by atoms with Crippen molar-refractivity contribution in [2.24, 2.45) is 5.73 Å². The van der Waals surface area contributed by atoms with Crippen LogP contribution in [0.2, 0.25) is 0 Å². The minimum atomic E-state index is 0. The van der Waals surface area contributed by atoms with E-state index in [4.69, 9.17) is 5.73 Å². The van der Waals surface area contributed by atoms with Crippen LogP contribution < -0.4 is 10.6 Å². The first-order valence-electron chi connectivity index (χ1n) is 4.89. The number of pyridine rings is 1. The zero-order chi connectivity index (χ0) is 9.97. The van der Waals surface area contributed by atoms with E-state index in [2.05, 4.69) is 25.8 Å². The summed E-state index contributed by atoms with van der Waals surface area (Å²) in [7, 11) is 0. The molecule has 15 heavy (non-hydrogen) atoms. The second-order valence-electron chi connectivity index (χ2n) is 3.64. The van der Waals surface area contributed by atoms with Crippen LogP contribution in [0.15, 0.2) is 22.8 Å². The number of nitrogens with two attached hydrogens (primary N) is 1. The molecule has 0 bridgehead atoms. The highest BCUT2D eigenvalue weighted by atomic mass is 79.9. The summed E-state index contributed by atoms with van der Waals surface area (Å²) in [5.74, 6) is 1.05. The number of nitrogens with zero attached hydrogens (tertiary/aromatic N) is 2. The molecule has 0 amide bonds. The van der Waals surface area contributed by atoms with Crippen molar-refractivity contribution >= 4 is 34.2 Å². The van der Waals surface area contributed by atoms with E-state index in [-0.39, 0.29) is 12.4 Å². The Bertz CT molecular complexity index is 313. The van der Waals surface area contributed by atoms with E-state index in [1.54, 1.807) is 0 Å². The van der Waals surface area contributed by atoms with E-state index < -0.39 is 0 Å². The van der Waals surface area contributed by atoms with Gasteiger partial charge in [0.15, 0.2) is 0 Å². The summed E-state index contributed by atoms with van der Waals surface area (Å²) < 4.78 is 0.893. The molecule has 2 heterocycles. The summed E-state index contributed by atoms with van der Waals surface area (Å²) in [5, 5.41) is 0. The SMILES string of the molecule is Cl.NC1CCN(c2cccc(Br)n2)CC1. The van der Waals surface area contributed by atoms with Crippen molar-refractivity contribution in [3.8, 4) is 0 Å². The first kappa shape index (κ1) is 12.7. The molecule has 1 aromatic heterocycles. The third-order valence-corrected chi connectivity index (χ3v) is 3.01. The lowest BCUT2D eigenvalue weighted by atomic mass is 10.1. The van der Waals surface area contributed by atoms with Crippen LogP contribution in [0.1, 0.15) is 12.8 Å². The Balaban J connectivity index is 0.00000112. The molecule has 0 aliphatic carbocycles. The molecule has 2 N–H and O–H groups in total. The highest BCUT2D eigenvalue weighted by Crippen LogP contribution is 2.18. The Morgan fingerprint density at radius 3 is 2.60 bits per heavy atom. The van der Waals surface area contributed by atoms with Crippen molar-refractivity contribution in [3.63, 3.8) is 0 Å². The van der Waals surface area contributed by atoms with Gasteiger partial charge in [0, 0.05) is 19.1 Å². The second kappa shape index (κ2) is 5.68. The number of hydrogen-bond donors (Lipinski definition) is 1. The number of anilines is 1. The van der Waals surface area contributed by atoms with Crippen LogP contribution in [0.5, 0.6) is 0 Å². The molecule has 3 nitrogen and oxygen atoms in total. The predicted octanol–water partition coefficient (Wildman–Crippen LogP) is 2.19. The molecule has 2 rings (SSSR count). The van der Waals surface area contributed by atoms with Gasteiger partial charge in [-0.05, 0) is 40.9 Å². The standard InChI is InChI=1S/C10H14BrN3.ClH/c11-9-2-1-3-10(13-9)14-6-4-8(12)5-7-14;/h1-3,8H,4-7,12H2;1H. The van der Waals surface area contributed by atoms with E-state index in [0.29, 0.717) is 6.04 Å². The molecule has 1 aromatic rings.